The van der Waals surface area contributed by atoms with Crippen molar-refractivity contribution in [3.8, 4) is 39.9 Å². The van der Waals surface area contributed by atoms with Gasteiger partial charge < -0.3 is 25.1 Å². The molecule has 0 aliphatic heterocycles. The van der Waals surface area contributed by atoms with Gasteiger partial charge in [-0.05, 0) is 42.3 Å². The number of fused-ring (bicyclic) bond motifs is 1. The maximum atomic E-state index is 12.0. The topological polar surface area (TPSA) is 130 Å². The smallest absolute Gasteiger partial charge is 0.322 e. The lowest BCUT2D eigenvalue weighted by Gasteiger charge is -2.11. The van der Waals surface area contributed by atoms with E-state index in [9.17, 15) is 4.79 Å². The van der Waals surface area contributed by atoms with Crippen LogP contribution in [0.25, 0.3) is 33.4 Å². The molecule has 10 nitrogen and oxygen atoms in total. The van der Waals surface area contributed by atoms with Crippen LogP contribution in [-0.2, 0) is 11.8 Å². The van der Waals surface area contributed by atoms with E-state index in [-0.39, 0.29) is 11.9 Å². The molecule has 10 heteroatoms. The summed E-state index contributed by atoms with van der Waals surface area (Å²) in [6.07, 6.45) is 4.53. The molecule has 38 heavy (non-hydrogen) atoms. The third-order valence-corrected chi connectivity index (χ3v) is 5.99. The highest BCUT2D eigenvalue weighted by atomic mass is 16.5. The van der Waals surface area contributed by atoms with Gasteiger partial charge in [0.1, 0.15) is 23.5 Å². The molecule has 3 heterocycles. The van der Waals surface area contributed by atoms with E-state index < -0.39 is 0 Å². The fourth-order valence-corrected chi connectivity index (χ4v) is 4.10. The Balaban J connectivity index is 1.55. The Labute approximate surface area is 218 Å². The van der Waals surface area contributed by atoms with E-state index in [4.69, 9.17) is 15.2 Å². The number of amides is 1. The molecule has 0 saturated heterocycles. The number of hydrogen-bond donors (Lipinski definition) is 2. The summed E-state index contributed by atoms with van der Waals surface area (Å²) in [5.74, 6) is 1.27. The zero-order chi connectivity index (χ0) is 26.8. The lowest BCUT2D eigenvalue weighted by Crippen LogP contribution is -2.11. The van der Waals surface area contributed by atoms with Crippen LogP contribution in [0.3, 0.4) is 0 Å². The van der Waals surface area contributed by atoms with Crippen molar-refractivity contribution >= 4 is 28.4 Å². The lowest BCUT2D eigenvalue weighted by atomic mass is 9.98. The summed E-state index contributed by atoms with van der Waals surface area (Å²) in [4.78, 5) is 29.0. The SMILES string of the molecule is C=C(C)C(=O)Nc1ccc(-c2c(-c3ccc(Oc4ncc(OC)cn4)cc3)c3c(N)ncnc3n2C)cc1. The van der Waals surface area contributed by atoms with E-state index in [1.54, 1.807) is 14.0 Å². The minimum atomic E-state index is -0.228. The number of nitrogens with one attached hydrogen (secondary N) is 1. The second-order valence-electron chi connectivity index (χ2n) is 8.58. The van der Waals surface area contributed by atoms with Crippen LogP contribution in [0.2, 0.25) is 0 Å². The Morgan fingerprint density at radius 1 is 0.947 bits per heavy atom. The van der Waals surface area contributed by atoms with Gasteiger partial charge in [0.2, 0.25) is 0 Å². The summed E-state index contributed by atoms with van der Waals surface area (Å²) in [6.45, 7) is 5.35. The van der Waals surface area contributed by atoms with E-state index in [0.29, 0.717) is 34.2 Å². The molecule has 0 radical (unpaired) electrons. The minimum absolute atomic E-state index is 0.209. The number of nitrogens with two attached hydrogens (primary N) is 1. The van der Waals surface area contributed by atoms with Crippen LogP contribution >= 0.6 is 0 Å². The average Bonchev–Trinajstić information content (AvgIpc) is 3.23. The molecule has 0 aliphatic rings. The molecule has 3 aromatic heterocycles. The highest BCUT2D eigenvalue weighted by Crippen LogP contribution is 2.42. The number of anilines is 2. The van der Waals surface area contributed by atoms with Gasteiger partial charge in [0.15, 0.2) is 5.75 Å². The number of carbonyl (C=O) groups is 1. The first-order valence-corrected chi connectivity index (χ1v) is 11.7. The first-order valence-electron chi connectivity index (χ1n) is 11.7. The number of methoxy groups -OCH3 is 1. The summed E-state index contributed by atoms with van der Waals surface area (Å²) < 4.78 is 12.9. The van der Waals surface area contributed by atoms with E-state index in [0.717, 1.165) is 27.8 Å². The minimum Gasteiger partial charge on any atom is -0.494 e. The van der Waals surface area contributed by atoms with E-state index in [1.165, 1.54) is 18.7 Å². The molecule has 2 aromatic carbocycles. The molecule has 190 valence electrons. The zero-order valence-corrected chi connectivity index (χ0v) is 21.1. The Morgan fingerprint density at radius 3 is 2.24 bits per heavy atom. The molecule has 0 spiro atoms. The molecule has 0 bridgehead atoms. The summed E-state index contributed by atoms with van der Waals surface area (Å²) in [5.41, 5.74) is 11.8. The number of hydrogen-bond acceptors (Lipinski definition) is 8. The molecule has 5 rings (SSSR count). The highest BCUT2D eigenvalue weighted by molar-refractivity contribution is 6.08. The number of ether oxygens (including phenoxy) is 2. The van der Waals surface area contributed by atoms with Crippen molar-refractivity contribution in [3.63, 3.8) is 0 Å². The van der Waals surface area contributed by atoms with Crippen LogP contribution in [0.5, 0.6) is 17.5 Å². The molecule has 0 unspecified atom stereocenters. The standard InChI is InChI=1S/C28H25N7O3/c1-16(2)27(36)34-19-9-5-18(6-10-19)24-22(23-25(29)32-15-33-26(23)35(24)3)17-7-11-20(12-8-17)38-28-30-13-21(37-4)14-31-28/h5-15H,1H2,2-4H3,(H,34,36)(H2,29,32,33). The Morgan fingerprint density at radius 2 is 1.61 bits per heavy atom. The first kappa shape index (κ1) is 24.4. The van der Waals surface area contributed by atoms with Crippen molar-refractivity contribution in [3.05, 3.63) is 79.4 Å². The van der Waals surface area contributed by atoms with Gasteiger partial charge in [-0.1, -0.05) is 30.8 Å². The second-order valence-corrected chi connectivity index (χ2v) is 8.58. The van der Waals surface area contributed by atoms with E-state index in [2.05, 4.69) is 31.8 Å². The van der Waals surface area contributed by atoms with Gasteiger partial charge in [-0.2, -0.15) is 9.97 Å². The molecule has 0 saturated carbocycles. The van der Waals surface area contributed by atoms with Gasteiger partial charge in [-0.3, -0.25) is 4.79 Å². The largest absolute Gasteiger partial charge is 0.494 e. The second kappa shape index (κ2) is 10.0. The number of benzene rings is 2. The van der Waals surface area contributed by atoms with Crippen LogP contribution in [-0.4, -0.2) is 37.5 Å². The predicted octanol–water partition coefficient (Wildman–Crippen LogP) is 4.99. The number of nitrogen functional groups attached to an aromatic ring is 1. The quantitative estimate of drug-likeness (QED) is 0.295. The van der Waals surface area contributed by atoms with Gasteiger partial charge in [0.05, 0.1) is 30.6 Å². The number of aromatic nitrogens is 5. The Bertz CT molecular complexity index is 1640. The maximum absolute atomic E-state index is 12.0. The third kappa shape index (κ3) is 4.62. The van der Waals surface area contributed by atoms with Gasteiger partial charge in [-0.25, -0.2) is 9.97 Å². The van der Waals surface area contributed by atoms with E-state index >= 15 is 0 Å². The number of rotatable bonds is 7. The molecule has 5 aromatic rings. The van der Waals surface area contributed by atoms with Crippen molar-refractivity contribution in [2.75, 3.05) is 18.2 Å². The average molecular weight is 508 g/mol. The molecule has 0 atom stereocenters. The third-order valence-electron chi connectivity index (χ3n) is 5.99. The molecular weight excluding hydrogens is 482 g/mol. The highest BCUT2D eigenvalue weighted by Gasteiger charge is 2.22. The molecule has 1 amide bonds. The van der Waals surface area contributed by atoms with Gasteiger partial charge >= 0.3 is 6.01 Å². The van der Waals surface area contributed by atoms with Crippen LogP contribution in [0.15, 0.2) is 79.4 Å². The predicted molar refractivity (Wildman–Crippen MR) is 146 cm³/mol. The van der Waals surface area contributed by atoms with Gasteiger partial charge in [0.25, 0.3) is 5.91 Å². The molecular formula is C28H25N7O3. The van der Waals surface area contributed by atoms with Crippen LogP contribution in [0.1, 0.15) is 6.92 Å². The van der Waals surface area contributed by atoms with E-state index in [1.807, 2.05) is 60.1 Å². The van der Waals surface area contributed by atoms with Crippen molar-refractivity contribution in [2.24, 2.45) is 7.05 Å². The van der Waals surface area contributed by atoms with Crippen LogP contribution in [0, 0.1) is 0 Å². The fraction of sp³-hybridized carbons (Fsp3) is 0.107. The number of nitrogens with zero attached hydrogens (tertiary/aromatic N) is 5. The number of carbonyl (C=O) groups excluding carboxylic acids is 1. The summed E-state index contributed by atoms with van der Waals surface area (Å²) in [6, 6.07) is 15.3. The first-order chi connectivity index (χ1) is 18.4. The van der Waals surface area contributed by atoms with Gasteiger partial charge in [-0.15, -0.1) is 0 Å². The monoisotopic (exact) mass is 507 g/mol. The van der Waals surface area contributed by atoms with Crippen molar-refractivity contribution in [1.82, 2.24) is 24.5 Å². The van der Waals surface area contributed by atoms with Gasteiger partial charge in [0, 0.05) is 23.9 Å². The maximum Gasteiger partial charge on any atom is 0.322 e. The normalized spacial score (nSPS) is 10.8. The summed E-state index contributed by atoms with van der Waals surface area (Å²) >= 11 is 0. The van der Waals surface area contributed by atoms with Crippen LogP contribution < -0.4 is 20.5 Å². The number of aryl methyl sites for hydroxylation is 1. The zero-order valence-electron chi connectivity index (χ0n) is 21.1. The van der Waals surface area contributed by atoms with Crippen molar-refractivity contribution in [1.29, 1.82) is 0 Å². The summed E-state index contributed by atoms with van der Waals surface area (Å²) in [7, 11) is 3.48. The molecule has 0 aliphatic carbocycles. The lowest BCUT2D eigenvalue weighted by molar-refractivity contribution is -0.112. The van der Waals surface area contributed by atoms with Crippen LogP contribution in [0.4, 0.5) is 11.5 Å². The summed E-state index contributed by atoms with van der Waals surface area (Å²) in [5, 5.41) is 3.58. The molecule has 3 N–H and O–H groups in total. The fourth-order valence-electron chi connectivity index (χ4n) is 4.10. The molecule has 0 fully saturated rings. The Hall–Kier alpha value is -5.25. The van der Waals surface area contributed by atoms with Crippen molar-refractivity contribution < 1.29 is 14.3 Å². The Kier molecular flexibility index (Phi) is 6.44. The van der Waals surface area contributed by atoms with Crippen molar-refractivity contribution in [2.45, 2.75) is 6.92 Å².